The molecule has 1 heterocycles. The number of fused-ring (bicyclic) bond motifs is 1. The zero-order valence-corrected chi connectivity index (χ0v) is 10.8. The van der Waals surface area contributed by atoms with Gasteiger partial charge in [-0.1, -0.05) is 6.07 Å². The highest BCUT2D eigenvalue weighted by molar-refractivity contribution is 6.08. The van der Waals surface area contributed by atoms with Crippen molar-refractivity contribution in [3.63, 3.8) is 0 Å². The molecule has 0 fully saturated rings. The number of hydrogen-bond acceptors (Lipinski definition) is 3. The molecule has 0 spiro atoms. The molecule has 0 saturated carbocycles. The van der Waals surface area contributed by atoms with Crippen LogP contribution in [0.3, 0.4) is 0 Å². The van der Waals surface area contributed by atoms with Crippen LogP contribution in [0.4, 0.5) is 21.5 Å². The number of nitrogen functional groups attached to an aromatic ring is 2. The number of nitrogens with two attached hydrogens (primary N) is 2. The minimum atomic E-state index is -0.351. The van der Waals surface area contributed by atoms with Crippen molar-refractivity contribution in [1.82, 2.24) is 0 Å². The van der Waals surface area contributed by atoms with Crippen LogP contribution >= 0.6 is 0 Å². The summed E-state index contributed by atoms with van der Waals surface area (Å²) in [5.41, 5.74) is 14.3. The molecule has 0 aromatic heterocycles. The van der Waals surface area contributed by atoms with Crippen molar-refractivity contribution in [3.05, 3.63) is 53.3 Å². The third kappa shape index (κ3) is 2.07. The van der Waals surface area contributed by atoms with Gasteiger partial charge in [-0.2, -0.15) is 0 Å². The maximum atomic E-state index is 13.4. The van der Waals surface area contributed by atoms with Crippen LogP contribution in [0.15, 0.2) is 36.4 Å². The summed E-state index contributed by atoms with van der Waals surface area (Å²) in [4.78, 5) is 14.1. The Morgan fingerprint density at radius 3 is 2.50 bits per heavy atom. The predicted molar refractivity (Wildman–Crippen MR) is 77.0 cm³/mol. The Morgan fingerprint density at radius 1 is 1.10 bits per heavy atom. The number of halogens is 1. The van der Waals surface area contributed by atoms with Crippen molar-refractivity contribution in [2.75, 3.05) is 22.9 Å². The Balaban J connectivity index is 1.99. The lowest BCUT2D eigenvalue weighted by molar-refractivity contribution is 0.0989. The lowest BCUT2D eigenvalue weighted by atomic mass is 10.1. The number of benzene rings is 2. The zero-order valence-electron chi connectivity index (χ0n) is 10.8. The Labute approximate surface area is 115 Å². The third-order valence-corrected chi connectivity index (χ3v) is 3.41. The van der Waals surface area contributed by atoms with E-state index in [2.05, 4.69) is 0 Å². The smallest absolute Gasteiger partial charge is 0.258 e. The van der Waals surface area contributed by atoms with Crippen molar-refractivity contribution < 1.29 is 9.18 Å². The molecule has 1 amide bonds. The van der Waals surface area contributed by atoms with Gasteiger partial charge in [0.25, 0.3) is 5.91 Å². The second kappa shape index (κ2) is 4.52. The molecule has 0 unspecified atom stereocenters. The molecule has 1 aliphatic heterocycles. The maximum absolute atomic E-state index is 13.4. The summed E-state index contributed by atoms with van der Waals surface area (Å²) < 4.78 is 13.4. The lowest BCUT2D eigenvalue weighted by Gasteiger charge is -2.18. The van der Waals surface area contributed by atoms with Crippen LogP contribution in [0.5, 0.6) is 0 Å². The Morgan fingerprint density at radius 2 is 1.80 bits per heavy atom. The van der Waals surface area contributed by atoms with E-state index >= 15 is 0 Å². The number of hydrogen-bond donors (Lipinski definition) is 2. The minimum absolute atomic E-state index is 0.214. The molecular formula is C15H14FN3O. The average molecular weight is 271 g/mol. The van der Waals surface area contributed by atoms with E-state index < -0.39 is 0 Å². The topological polar surface area (TPSA) is 72.3 Å². The van der Waals surface area contributed by atoms with Crippen LogP contribution in [0, 0.1) is 5.82 Å². The molecule has 0 aliphatic carbocycles. The molecule has 4 nitrogen and oxygen atoms in total. The van der Waals surface area contributed by atoms with E-state index in [1.54, 1.807) is 29.2 Å². The van der Waals surface area contributed by atoms with Gasteiger partial charge < -0.3 is 16.4 Å². The van der Waals surface area contributed by atoms with E-state index in [9.17, 15) is 9.18 Å². The molecule has 0 bridgehead atoms. The van der Waals surface area contributed by atoms with Gasteiger partial charge in [-0.25, -0.2) is 4.39 Å². The summed E-state index contributed by atoms with van der Waals surface area (Å²) in [5, 5.41) is 0. The average Bonchev–Trinajstić information content (AvgIpc) is 2.79. The fourth-order valence-electron chi connectivity index (χ4n) is 2.52. The molecule has 2 aromatic carbocycles. The van der Waals surface area contributed by atoms with Crippen LogP contribution in [0.1, 0.15) is 15.9 Å². The molecule has 20 heavy (non-hydrogen) atoms. The first-order chi connectivity index (χ1) is 9.54. The van der Waals surface area contributed by atoms with Crippen molar-refractivity contribution in [3.8, 4) is 0 Å². The highest BCUT2D eigenvalue weighted by Crippen LogP contribution is 2.30. The largest absolute Gasteiger partial charge is 0.399 e. The first kappa shape index (κ1) is 12.5. The number of anilines is 3. The van der Waals surface area contributed by atoms with Gasteiger partial charge in [-0.15, -0.1) is 0 Å². The quantitative estimate of drug-likeness (QED) is 0.781. The second-order valence-corrected chi connectivity index (χ2v) is 4.87. The fourth-order valence-corrected chi connectivity index (χ4v) is 2.52. The molecule has 0 saturated heterocycles. The van der Waals surface area contributed by atoms with Crippen LogP contribution in [-0.4, -0.2) is 12.5 Å². The van der Waals surface area contributed by atoms with Crippen molar-refractivity contribution in [1.29, 1.82) is 0 Å². The molecule has 2 aromatic rings. The van der Waals surface area contributed by atoms with E-state index in [1.807, 2.05) is 0 Å². The summed E-state index contributed by atoms with van der Waals surface area (Å²) in [6, 6.07) is 9.26. The van der Waals surface area contributed by atoms with E-state index in [-0.39, 0.29) is 11.7 Å². The maximum Gasteiger partial charge on any atom is 0.258 e. The number of carbonyl (C=O) groups is 1. The van der Waals surface area contributed by atoms with Gasteiger partial charge in [0.15, 0.2) is 0 Å². The monoisotopic (exact) mass is 271 g/mol. The first-order valence-electron chi connectivity index (χ1n) is 6.31. The standard InChI is InChI=1S/C15H14FN3O/c16-11-2-1-9-3-4-19(14(9)7-11)15(20)10-5-12(17)8-13(18)6-10/h1-2,5-8H,3-4,17-18H2. The highest BCUT2D eigenvalue weighted by Gasteiger charge is 2.26. The Hall–Kier alpha value is -2.56. The molecule has 1 aliphatic rings. The number of amides is 1. The lowest BCUT2D eigenvalue weighted by Crippen LogP contribution is -2.29. The summed E-state index contributed by atoms with van der Waals surface area (Å²) in [6.07, 6.45) is 0.721. The SMILES string of the molecule is Nc1cc(N)cc(C(=O)N2CCc3ccc(F)cc32)c1. The summed E-state index contributed by atoms with van der Waals surface area (Å²) in [6.45, 7) is 0.534. The molecule has 3 rings (SSSR count). The van der Waals surface area contributed by atoms with Gasteiger partial charge in [0.2, 0.25) is 0 Å². The van der Waals surface area contributed by atoms with Gasteiger partial charge in [-0.3, -0.25) is 4.79 Å². The van der Waals surface area contributed by atoms with E-state index in [0.29, 0.717) is 29.2 Å². The van der Waals surface area contributed by atoms with Crippen molar-refractivity contribution in [2.24, 2.45) is 0 Å². The van der Waals surface area contributed by atoms with Gasteiger partial charge in [-0.05, 0) is 42.3 Å². The van der Waals surface area contributed by atoms with Gasteiger partial charge in [0, 0.05) is 23.5 Å². The van der Waals surface area contributed by atoms with E-state index in [4.69, 9.17) is 11.5 Å². The van der Waals surface area contributed by atoms with Crippen LogP contribution in [0.2, 0.25) is 0 Å². The Bertz CT molecular complexity index is 679. The number of nitrogens with zero attached hydrogens (tertiary/aromatic N) is 1. The van der Waals surface area contributed by atoms with Crippen molar-refractivity contribution in [2.45, 2.75) is 6.42 Å². The van der Waals surface area contributed by atoms with Crippen LogP contribution < -0.4 is 16.4 Å². The van der Waals surface area contributed by atoms with Gasteiger partial charge in [0.1, 0.15) is 5.82 Å². The third-order valence-electron chi connectivity index (χ3n) is 3.41. The summed E-state index contributed by atoms with van der Waals surface area (Å²) in [7, 11) is 0. The summed E-state index contributed by atoms with van der Waals surface area (Å²) >= 11 is 0. The normalized spacial score (nSPS) is 13.3. The number of carbonyl (C=O) groups excluding carboxylic acids is 1. The molecule has 4 N–H and O–H groups in total. The second-order valence-electron chi connectivity index (χ2n) is 4.87. The van der Waals surface area contributed by atoms with Gasteiger partial charge >= 0.3 is 0 Å². The van der Waals surface area contributed by atoms with E-state index in [0.717, 1.165) is 12.0 Å². The van der Waals surface area contributed by atoms with Gasteiger partial charge in [0.05, 0.1) is 5.69 Å². The molecule has 5 heteroatoms. The Kier molecular flexibility index (Phi) is 2.82. The first-order valence-corrected chi connectivity index (χ1v) is 6.31. The zero-order chi connectivity index (χ0) is 14.3. The van der Waals surface area contributed by atoms with Crippen molar-refractivity contribution >= 4 is 23.0 Å². The minimum Gasteiger partial charge on any atom is -0.399 e. The summed E-state index contributed by atoms with van der Waals surface area (Å²) in [5.74, 6) is -0.566. The number of rotatable bonds is 1. The molecule has 102 valence electrons. The van der Waals surface area contributed by atoms with E-state index in [1.165, 1.54) is 12.1 Å². The van der Waals surface area contributed by atoms with Crippen LogP contribution in [-0.2, 0) is 6.42 Å². The van der Waals surface area contributed by atoms with Crippen LogP contribution in [0.25, 0.3) is 0 Å². The molecular weight excluding hydrogens is 257 g/mol. The molecule has 0 radical (unpaired) electrons. The fraction of sp³-hybridized carbons (Fsp3) is 0.133. The highest BCUT2D eigenvalue weighted by atomic mass is 19.1. The molecule has 0 atom stereocenters. The predicted octanol–water partition coefficient (Wildman–Crippen LogP) is 2.19.